The number of hydrogen-bond acceptors (Lipinski definition) is 10. The van der Waals surface area contributed by atoms with Gasteiger partial charge >= 0.3 is 17.9 Å². The topological polar surface area (TPSA) is 215 Å². The summed E-state index contributed by atoms with van der Waals surface area (Å²) >= 11 is 0. The quantitative estimate of drug-likeness (QED) is 0.0446. The van der Waals surface area contributed by atoms with Gasteiger partial charge in [0.2, 0.25) is 17.7 Å². The Kier molecular flexibility index (Phi) is 16.7. The number of esters is 2. The number of hydrogen-bond donors (Lipinski definition) is 5. The highest BCUT2D eigenvalue weighted by atomic mass is 16.6. The Labute approximate surface area is 450 Å². The van der Waals surface area contributed by atoms with Crippen molar-refractivity contribution in [3.05, 3.63) is 45.8 Å². The zero-order chi connectivity index (χ0) is 54.4. The summed E-state index contributed by atoms with van der Waals surface area (Å²) in [6, 6.07) is 0. The highest BCUT2D eigenvalue weighted by Gasteiger charge is 2.59. The summed E-state index contributed by atoms with van der Waals surface area (Å²) in [5.41, 5.74) is 1.84. The van der Waals surface area contributed by atoms with E-state index in [0.717, 1.165) is 57.8 Å². The Morgan fingerprint density at radius 3 is 1.79 bits per heavy atom. The third-order valence-electron chi connectivity index (χ3n) is 19.5. The van der Waals surface area contributed by atoms with Gasteiger partial charge in [0.15, 0.2) is 0 Å². The second-order valence-electron chi connectivity index (χ2n) is 25.9. The number of aromatic amines is 1. The molecule has 1 aromatic rings. The number of unbranched alkanes of at least 4 members (excludes halogenated alkanes) is 2. The number of anilines is 1. The van der Waals surface area contributed by atoms with Gasteiger partial charge in [0.1, 0.15) is 34.0 Å². The first-order valence-corrected chi connectivity index (χ1v) is 29.2. The predicted octanol–water partition coefficient (Wildman–Crippen LogP) is 11.0. The van der Waals surface area contributed by atoms with Crippen molar-refractivity contribution in [2.24, 2.45) is 70.1 Å². The number of aliphatic carboxylic acids is 1. The third kappa shape index (κ3) is 11.7. The fraction of sp³-hybridized carbons (Fsp3) is 0.721. The minimum atomic E-state index is -0.781. The van der Waals surface area contributed by atoms with E-state index >= 15 is 9.59 Å². The number of rotatable bonds is 21. The molecule has 9 saturated carbocycles. The monoisotopic (exact) mass is 1050 g/mol. The number of carboxylic acids is 1. The van der Waals surface area contributed by atoms with Gasteiger partial charge < -0.3 is 40.3 Å². The molecule has 0 spiro atoms. The van der Waals surface area contributed by atoms with Crippen molar-refractivity contribution in [2.45, 2.75) is 201 Å². The smallest absolute Gasteiger partial charge is 0.342 e. The molecule has 76 heavy (non-hydrogen) atoms. The largest absolute Gasteiger partial charge is 0.481 e. The zero-order valence-electron chi connectivity index (χ0n) is 46.7. The van der Waals surface area contributed by atoms with Crippen LogP contribution in [-0.2, 0) is 38.2 Å². The lowest BCUT2D eigenvalue weighted by atomic mass is 9.50. The molecule has 10 aliphatic rings. The molecule has 416 valence electrons. The van der Waals surface area contributed by atoms with E-state index in [9.17, 15) is 24.3 Å². The van der Waals surface area contributed by atoms with Crippen LogP contribution >= 0.6 is 0 Å². The van der Waals surface area contributed by atoms with Crippen LogP contribution < -0.4 is 16.0 Å². The number of nitrogens with one attached hydrogen (secondary N) is 4. The Bertz CT molecular complexity index is 2490. The Morgan fingerprint density at radius 1 is 0.724 bits per heavy atom. The molecular formula is C61H87N5O10. The van der Waals surface area contributed by atoms with E-state index in [1.807, 2.05) is 33.8 Å². The van der Waals surface area contributed by atoms with Crippen molar-refractivity contribution in [3.8, 4) is 0 Å². The number of aromatic nitrogens is 1. The van der Waals surface area contributed by atoms with Gasteiger partial charge in [0.05, 0.1) is 17.7 Å². The van der Waals surface area contributed by atoms with Crippen molar-refractivity contribution < 1.29 is 48.1 Å². The van der Waals surface area contributed by atoms with Crippen LogP contribution in [0, 0.1) is 65.1 Å². The summed E-state index contributed by atoms with van der Waals surface area (Å²) in [6.07, 6.45) is 17.0. The number of carbonyl (C=O) groups excluding carboxylic acids is 5. The number of nitrogens with zero attached hydrogens (tertiary/aromatic N) is 1. The molecule has 8 bridgehead atoms. The first kappa shape index (κ1) is 55.7. The van der Waals surface area contributed by atoms with Crippen LogP contribution in [0.4, 0.5) is 5.82 Å². The summed E-state index contributed by atoms with van der Waals surface area (Å²) in [7, 11) is 0. The number of allylic oxidation sites excluding steroid dienone is 1. The van der Waals surface area contributed by atoms with Crippen molar-refractivity contribution in [1.29, 1.82) is 0 Å². The Morgan fingerprint density at radius 2 is 1.26 bits per heavy atom. The van der Waals surface area contributed by atoms with Gasteiger partial charge in [-0.15, -0.1) is 0 Å². The van der Waals surface area contributed by atoms with Gasteiger partial charge in [-0.1, -0.05) is 41.2 Å². The zero-order valence-corrected chi connectivity index (χ0v) is 46.7. The molecule has 0 saturated heterocycles. The summed E-state index contributed by atoms with van der Waals surface area (Å²) in [6.45, 7) is 20.4. The highest BCUT2D eigenvalue weighted by molar-refractivity contribution is 6.25. The standard InChI is InChI=1S/C61H87N5O10/c1-32(2)50-46(63-54(65-48(67)14-10-12-16-62-56(69)34(5)6)52(50)58(72)75-60(8)41-22-36-20-37(24-41)25-42(60)23-36)31-47-51(33(3)4)53(59(73)76-61(9)43-26-38-21-39(28-43)29-44(61)27-38)55(64-47)66-49(68)15-11-13-17-74-45-19-35(7)18-40(30-45)57(70)71/h31-33,35-45,64H,5,10-30H2,1-4,6-9H3,(H,62,69)(H,66,68)(H,70,71)(H,63,65,67). The molecule has 0 radical (unpaired) electrons. The van der Waals surface area contributed by atoms with Crippen molar-refractivity contribution in [2.75, 3.05) is 18.5 Å². The fourth-order valence-corrected chi connectivity index (χ4v) is 15.9. The molecule has 0 aromatic carbocycles. The van der Waals surface area contributed by atoms with Crippen LogP contribution in [0.25, 0.3) is 6.08 Å². The van der Waals surface area contributed by atoms with Crippen LogP contribution in [0.15, 0.2) is 34.0 Å². The average Bonchev–Trinajstić information content (AvgIpc) is 3.96. The number of amides is 3. The second-order valence-corrected chi connectivity index (χ2v) is 25.9. The van der Waals surface area contributed by atoms with E-state index in [2.05, 4.69) is 48.3 Å². The first-order valence-electron chi connectivity index (χ1n) is 29.2. The third-order valence-corrected chi connectivity index (χ3v) is 19.5. The first-order chi connectivity index (χ1) is 36.1. The number of aliphatic imine (C=N–C) groups is 1. The van der Waals surface area contributed by atoms with Gasteiger partial charge in [0, 0.05) is 37.3 Å². The molecule has 15 nitrogen and oxygen atoms in total. The number of H-pyrrole nitrogens is 1. The maximum Gasteiger partial charge on any atom is 0.342 e. The summed E-state index contributed by atoms with van der Waals surface area (Å²) in [4.78, 5) is 90.4. The molecule has 5 N–H and O–H groups in total. The molecule has 3 unspecified atom stereocenters. The average molecular weight is 1050 g/mol. The summed E-state index contributed by atoms with van der Waals surface area (Å²) in [5, 5.41) is 18.6. The van der Waals surface area contributed by atoms with Crippen LogP contribution in [-0.4, -0.2) is 82.0 Å². The lowest BCUT2D eigenvalue weighted by Gasteiger charge is -2.59. The van der Waals surface area contributed by atoms with Crippen molar-refractivity contribution in [3.63, 3.8) is 0 Å². The maximum atomic E-state index is 15.1. The lowest BCUT2D eigenvalue weighted by molar-refractivity contribution is -0.199. The van der Waals surface area contributed by atoms with Crippen LogP contribution in [0.5, 0.6) is 0 Å². The molecule has 11 rings (SSSR count). The highest BCUT2D eigenvalue weighted by Crippen LogP contribution is 2.61. The normalized spacial score (nSPS) is 33.5. The SMILES string of the molecule is C=C(C)C(=O)NCCCCC(=O)NC1=NC(=Cc2[nH]c(NC(=O)CCCCOC3CC(C)CC(C(=O)O)C3)c(C(=O)OC3(C)C4CC5CC(C4)CC3C5)c2C(C)C)C(C(C)C)=C1C(=O)OC1(C)C2CC3CC(C2)CC1C3. The molecule has 1 aromatic heterocycles. The van der Waals surface area contributed by atoms with Crippen LogP contribution in [0.2, 0.25) is 0 Å². The van der Waals surface area contributed by atoms with Gasteiger partial charge in [-0.05, 0) is 212 Å². The van der Waals surface area contributed by atoms with Gasteiger partial charge in [-0.25, -0.2) is 14.6 Å². The Hall–Kier alpha value is -5.05. The van der Waals surface area contributed by atoms with E-state index in [1.54, 1.807) is 6.92 Å². The van der Waals surface area contributed by atoms with Crippen LogP contribution in [0.3, 0.4) is 0 Å². The number of ether oxygens (including phenoxy) is 3. The second kappa shape index (κ2) is 22.7. The van der Waals surface area contributed by atoms with Gasteiger partial charge in [-0.2, -0.15) is 0 Å². The molecule has 9 fully saturated rings. The molecule has 15 heteroatoms. The molecule has 3 atom stereocenters. The summed E-state index contributed by atoms with van der Waals surface area (Å²) < 4.78 is 19.7. The fourth-order valence-electron chi connectivity index (χ4n) is 15.9. The minimum absolute atomic E-state index is 0.122. The van der Waals surface area contributed by atoms with Gasteiger partial charge in [0.25, 0.3) is 0 Å². The molecular weight excluding hydrogens is 963 g/mol. The van der Waals surface area contributed by atoms with Crippen molar-refractivity contribution in [1.82, 2.24) is 15.6 Å². The van der Waals surface area contributed by atoms with Gasteiger partial charge in [-0.3, -0.25) is 19.2 Å². The summed E-state index contributed by atoms with van der Waals surface area (Å²) in [5.74, 6) is 0.858. The predicted molar refractivity (Wildman–Crippen MR) is 291 cm³/mol. The molecule has 3 amide bonds. The van der Waals surface area contributed by atoms with E-state index in [4.69, 9.17) is 19.2 Å². The molecule has 2 heterocycles. The van der Waals surface area contributed by atoms with E-state index < -0.39 is 35.0 Å². The number of amidine groups is 1. The minimum Gasteiger partial charge on any atom is -0.481 e. The van der Waals surface area contributed by atoms with E-state index in [0.29, 0.717) is 103 Å². The van der Waals surface area contributed by atoms with Crippen LogP contribution in [0.1, 0.15) is 205 Å². The number of carboxylic acid groups (broad SMARTS) is 1. The number of carbonyl (C=O) groups is 6. The maximum absolute atomic E-state index is 15.1. The molecule has 9 aliphatic carbocycles. The van der Waals surface area contributed by atoms with Crippen molar-refractivity contribution >= 4 is 53.4 Å². The molecule has 1 aliphatic heterocycles. The Balaban J connectivity index is 1.01. The van der Waals surface area contributed by atoms with E-state index in [-0.39, 0.29) is 101 Å². The van der Waals surface area contributed by atoms with E-state index in [1.165, 1.54) is 12.8 Å². The lowest BCUT2D eigenvalue weighted by Crippen LogP contribution is -2.58.